The molecule has 2 N–H and O–H groups in total. The lowest BCUT2D eigenvalue weighted by Gasteiger charge is -2.36. The number of hydrogen-bond donors (Lipinski definition) is 1. The van der Waals surface area contributed by atoms with E-state index < -0.39 is 0 Å². The first-order valence-electron chi connectivity index (χ1n) is 6.69. The number of ketones is 1. The van der Waals surface area contributed by atoms with E-state index in [1.54, 1.807) is 6.92 Å². The number of ether oxygens (including phenoxy) is 2. The summed E-state index contributed by atoms with van der Waals surface area (Å²) in [5, 5.41) is 0. The standard InChI is InChI=1S/C13H23NO3/c1-9(15)7-10-5-6-13-12(16-10)4-2-3-11(8-14)17-13/h10-13H,2-8,14H2,1H3/t10?,11-,12?,13?/m0/s1. The molecule has 0 saturated carbocycles. The van der Waals surface area contributed by atoms with Gasteiger partial charge in [-0.25, -0.2) is 0 Å². The quantitative estimate of drug-likeness (QED) is 0.811. The molecule has 0 amide bonds. The normalized spacial score (nSPS) is 38.2. The monoisotopic (exact) mass is 241 g/mol. The molecule has 2 saturated heterocycles. The van der Waals surface area contributed by atoms with Gasteiger partial charge >= 0.3 is 0 Å². The van der Waals surface area contributed by atoms with Crippen LogP contribution >= 0.6 is 0 Å². The third-order valence-corrected chi connectivity index (χ3v) is 3.72. The van der Waals surface area contributed by atoms with E-state index >= 15 is 0 Å². The van der Waals surface area contributed by atoms with E-state index in [-0.39, 0.29) is 30.2 Å². The minimum absolute atomic E-state index is 0.103. The fourth-order valence-corrected chi connectivity index (χ4v) is 2.85. The maximum Gasteiger partial charge on any atom is 0.132 e. The predicted octanol–water partition coefficient (Wildman–Crippen LogP) is 1.41. The Bertz CT molecular complexity index is 269. The summed E-state index contributed by atoms with van der Waals surface area (Å²) < 4.78 is 12.0. The smallest absolute Gasteiger partial charge is 0.132 e. The van der Waals surface area contributed by atoms with Crippen LogP contribution in [0.4, 0.5) is 0 Å². The van der Waals surface area contributed by atoms with Crippen LogP contribution in [0.15, 0.2) is 0 Å². The molecule has 0 spiro atoms. The zero-order valence-electron chi connectivity index (χ0n) is 10.6. The summed E-state index contributed by atoms with van der Waals surface area (Å²) in [5.41, 5.74) is 5.68. The molecule has 4 nitrogen and oxygen atoms in total. The zero-order chi connectivity index (χ0) is 12.3. The summed E-state index contributed by atoms with van der Waals surface area (Å²) >= 11 is 0. The fourth-order valence-electron chi connectivity index (χ4n) is 2.85. The first kappa shape index (κ1) is 13.0. The van der Waals surface area contributed by atoms with Crippen molar-refractivity contribution < 1.29 is 14.3 Å². The average Bonchev–Trinajstić information content (AvgIpc) is 2.49. The largest absolute Gasteiger partial charge is 0.372 e. The predicted molar refractivity (Wildman–Crippen MR) is 64.8 cm³/mol. The van der Waals surface area contributed by atoms with Crippen LogP contribution in [-0.4, -0.2) is 36.7 Å². The summed E-state index contributed by atoms with van der Waals surface area (Å²) in [4.78, 5) is 11.1. The highest BCUT2D eigenvalue weighted by atomic mass is 16.6. The van der Waals surface area contributed by atoms with Crippen LogP contribution in [0.25, 0.3) is 0 Å². The van der Waals surface area contributed by atoms with Gasteiger partial charge in [-0.15, -0.1) is 0 Å². The van der Waals surface area contributed by atoms with Crippen molar-refractivity contribution in [1.82, 2.24) is 0 Å². The van der Waals surface area contributed by atoms with Gasteiger partial charge < -0.3 is 15.2 Å². The first-order chi connectivity index (χ1) is 8.19. The highest BCUT2D eigenvalue weighted by Crippen LogP contribution is 2.31. The van der Waals surface area contributed by atoms with Gasteiger partial charge in [0, 0.05) is 13.0 Å². The topological polar surface area (TPSA) is 61.5 Å². The van der Waals surface area contributed by atoms with E-state index in [1.807, 2.05) is 0 Å². The van der Waals surface area contributed by atoms with Gasteiger partial charge in [-0.05, 0) is 39.0 Å². The van der Waals surface area contributed by atoms with Crippen LogP contribution < -0.4 is 5.73 Å². The number of rotatable bonds is 3. The molecule has 3 unspecified atom stereocenters. The molecule has 2 aliphatic heterocycles. The van der Waals surface area contributed by atoms with Crippen molar-refractivity contribution >= 4 is 5.78 Å². The molecule has 0 aromatic rings. The maximum absolute atomic E-state index is 11.1. The van der Waals surface area contributed by atoms with Gasteiger partial charge in [-0.3, -0.25) is 4.79 Å². The SMILES string of the molecule is CC(=O)CC1CCC2O[C@H](CN)CCCC2O1. The molecule has 4 heteroatoms. The number of Topliss-reactive ketones (excluding diaryl/α,β-unsaturated/α-hetero) is 1. The first-order valence-corrected chi connectivity index (χ1v) is 6.69. The van der Waals surface area contributed by atoms with Gasteiger partial charge in [0.2, 0.25) is 0 Å². The van der Waals surface area contributed by atoms with Gasteiger partial charge in [-0.1, -0.05) is 0 Å². The minimum Gasteiger partial charge on any atom is -0.372 e. The Kier molecular flexibility index (Phi) is 4.54. The third-order valence-electron chi connectivity index (χ3n) is 3.72. The van der Waals surface area contributed by atoms with Gasteiger partial charge in [-0.2, -0.15) is 0 Å². The molecule has 98 valence electrons. The van der Waals surface area contributed by atoms with Gasteiger partial charge in [0.05, 0.1) is 24.4 Å². The molecular weight excluding hydrogens is 218 g/mol. The van der Waals surface area contributed by atoms with Crippen LogP contribution in [-0.2, 0) is 14.3 Å². The van der Waals surface area contributed by atoms with Gasteiger partial charge in [0.1, 0.15) is 5.78 Å². The highest BCUT2D eigenvalue weighted by Gasteiger charge is 2.35. The van der Waals surface area contributed by atoms with E-state index in [0.29, 0.717) is 13.0 Å². The van der Waals surface area contributed by atoms with Crippen LogP contribution in [0.5, 0.6) is 0 Å². The van der Waals surface area contributed by atoms with Crippen LogP contribution in [0.3, 0.4) is 0 Å². The Morgan fingerprint density at radius 1 is 1.12 bits per heavy atom. The number of carbonyl (C=O) groups is 1. The fraction of sp³-hybridized carbons (Fsp3) is 0.923. The molecule has 0 aromatic carbocycles. The second-order valence-electron chi connectivity index (χ2n) is 5.24. The Labute approximate surface area is 103 Å². The Balaban J connectivity index is 1.90. The van der Waals surface area contributed by atoms with Crippen LogP contribution in [0.1, 0.15) is 45.4 Å². The Hall–Kier alpha value is -0.450. The summed E-state index contributed by atoms with van der Waals surface area (Å²) in [6.07, 6.45) is 6.31. The van der Waals surface area contributed by atoms with Crippen LogP contribution in [0, 0.1) is 0 Å². The number of nitrogens with two attached hydrogens (primary N) is 1. The molecule has 0 bridgehead atoms. The van der Waals surface area contributed by atoms with Crippen molar-refractivity contribution in [2.24, 2.45) is 5.73 Å². The van der Waals surface area contributed by atoms with E-state index in [0.717, 1.165) is 32.1 Å². The summed E-state index contributed by atoms with van der Waals surface area (Å²) in [6.45, 7) is 2.23. The molecule has 0 aromatic heterocycles. The van der Waals surface area contributed by atoms with Gasteiger partial charge in [0.15, 0.2) is 0 Å². The molecular formula is C13H23NO3. The molecule has 2 rings (SSSR count). The van der Waals surface area contributed by atoms with E-state index in [1.165, 1.54) is 0 Å². The lowest BCUT2D eigenvalue weighted by molar-refractivity contribution is -0.153. The molecule has 2 heterocycles. The van der Waals surface area contributed by atoms with E-state index in [2.05, 4.69) is 0 Å². The lowest BCUT2D eigenvalue weighted by atomic mass is 9.96. The number of carbonyl (C=O) groups excluding carboxylic acids is 1. The van der Waals surface area contributed by atoms with Crippen molar-refractivity contribution in [1.29, 1.82) is 0 Å². The van der Waals surface area contributed by atoms with Gasteiger partial charge in [0.25, 0.3) is 0 Å². The van der Waals surface area contributed by atoms with E-state index in [9.17, 15) is 4.79 Å². The summed E-state index contributed by atoms with van der Waals surface area (Å²) in [7, 11) is 0. The lowest BCUT2D eigenvalue weighted by Crippen LogP contribution is -2.42. The third kappa shape index (κ3) is 3.50. The maximum atomic E-state index is 11.1. The van der Waals surface area contributed by atoms with Crippen molar-refractivity contribution in [2.75, 3.05) is 6.54 Å². The molecule has 0 radical (unpaired) electrons. The second-order valence-corrected chi connectivity index (χ2v) is 5.24. The van der Waals surface area contributed by atoms with E-state index in [4.69, 9.17) is 15.2 Å². The molecule has 0 aliphatic carbocycles. The minimum atomic E-state index is 0.103. The van der Waals surface area contributed by atoms with Crippen LogP contribution in [0.2, 0.25) is 0 Å². The molecule has 2 aliphatic rings. The Morgan fingerprint density at radius 3 is 2.53 bits per heavy atom. The Morgan fingerprint density at radius 2 is 1.82 bits per heavy atom. The van der Waals surface area contributed by atoms with Crippen molar-refractivity contribution in [3.8, 4) is 0 Å². The highest BCUT2D eigenvalue weighted by molar-refractivity contribution is 5.75. The van der Waals surface area contributed by atoms with Crippen molar-refractivity contribution in [3.63, 3.8) is 0 Å². The summed E-state index contributed by atoms with van der Waals surface area (Å²) in [5.74, 6) is 0.211. The zero-order valence-corrected chi connectivity index (χ0v) is 10.6. The van der Waals surface area contributed by atoms with Crippen molar-refractivity contribution in [2.45, 2.75) is 69.9 Å². The molecule has 4 atom stereocenters. The number of fused-ring (bicyclic) bond motifs is 1. The molecule has 17 heavy (non-hydrogen) atoms. The average molecular weight is 241 g/mol. The van der Waals surface area contributed by atoms with Crippen molar-refractivity contribution in [3.05, 3.63) is 0 Å². The molecule has 2 fully saturated rings. The summed E-state index contributed by atoms with van der Waals surface area (Å²) in [6, 6.07) is 0. The second kappa shape index (κ2) is 5.94. The number of hydrogen-bond acceptors (Lipinski definition) is 4.